The van der Waals surface area contributed by atoms with Crippen LogP contribution in [-0.2, 0) is 4.74 Å². The molecule has 3 atom stereocenters. The summed E-state index contributed by atoms with van der Waals surface area (Å²) in [7, 11) is 0. The largest absolute Gasteiger partial charge is 0.444 e. The highest BCUT2D eigenvalue weighted by molar-refractivity contribution is 6.30. The first-order valence-electron chi connectivity index (χ1n) is 8.57. The SMILES string of the molecule is CC(C)(C)C1[C@@H](OC(N)=O)C[C@@H](O)CN1c1nc(Cl)nc2c(F)c(Cl)ncc12. The maximum absolute atomic E-state index is 14.5. The van der Waals surface area contributed by atoms with Crippen molar-refractivity contribution in [1.82, 2.24) is 15.0 Å². The van der Waals surface area contributed by atoms with Gasteiger partial charge in [0.2, 0.25) is 5.28 Å². The summed E-state index contributed by atoms with van der Waals surface area (Å²) in [6, 6.07) is -0.434. The van der Waals surface area contributed by atoms with Crippen molar-refractivity contribution in [2.24, 2.45) is 11.1 Å². The average molecular weight is 432 g/mol. The van der Waals surface area contributed by atoms with Crippen molar-refractivity contribution in [2.45, 2.75) is 45.4 Å². The Morgan fingerprint density at radius 3 is 2.68 bits per heavy atom. The Labute approximate surface area is 170 Å². The number of halogens is 3. The minimum absolute atomic E-state index is 0.0879. The van der Waals surface area contributed by atoms with Gasteiger partial charge in [0, 0.05) is 19.2 Å². The number of piperidine rings is 1. The maximum Gasteiger partial charge on any atom is 0.404 e. The molecule has 0 aliphatic carbocycles. The van der Waals surface area contributed by atoms with Crippen molar-refractivity contribution in [3.8, 4) is 0 Å². The molecule has 1 fully saturated rings. The van der Waals surface area contributed by atoms with Gasteiger partial charge in [0.05, 0.1) is 17.5 Å². The molecule has 2 aromatic rings. The highest BCUT2D eigenvalue weighted by atomic mass is 35.5. The predicted octanol–water partition coefficient (Wildman–Crippen LogP) is 2.92. The summed E-state index contributed by atoms with van der Waals surface area (Å²) in [6.45, 7) is 5.99. The molecule has 0 spiro atoms. The van der Waals surface area contributed by atoms with Crippen molar-refractivity contribution in [3.05, 3.63) is 22.5 Å². The first-order chi connectivity index (χ1) is 13.0. The van der Waals surface area contributed by atoms with E-state index >= 15 is 0 Å². The van der Waals surface area contributed by atoms with Gasteiger partial charge in [-0.25, -0.2) is 19.2 Å². The Kier molecular flexibility index (Phi) is 5.53. The van der Waals surface area contributed by atoms with E-state index in [2.05, 4.69) is 15.0 Å². The molecule has 3 rings (SSSR count). The third-order valence-corrected chi connectivity index (χ3v) is 5.05. The van der Waals surface area contributed by atoms with Crippen LogP contribution in [0.2, 0.25) is 10.4 Å². The summed E-state index contributed by atoms with van der Waals surface area (Å²) in [5.41, 5.74) is 4.71. The smallest absolute Gasteiger partial charge is 0.404 e. The number of nitrogens with zero attached hydrogens (tertiary/aromatic N) is 4. The van der Waals surface area contributed by atoms with Gasteiger partial charge >= 0.3 is 6.09 Å². The quantitative estimate of drug-likeness (QED) is 0.554. The number of hydrogen-bond acceptors (Lipinski definition) is 7. The monoisotopic (exact) mass is 431 g/mol. The van der Waals surface area contributed by atoms with Crippen LogP contribution in [0, 0.1) is 11.2 Å². The fourth-order valence-corrected chi connectivity index (χ4v) is 4.03. The number of nitrogens with two attached hydrogens (primary N) is 1. The summed E-state index contributed by atoms with van der Waals surface area (Å²) in [4.78, 5) is 25.2. The molecule has 3 N–H and O–H groups in total. The number of fused-ring (bicyclic) bond motifs is 1. The Hall–Kier alpha value is -1.97. The molecule has 1 aliphatic heterocycles. The number of pyridine rings is 1. The molecule has 1 amide bonds. The number of aliphatic hydroxyl groups is 1. The Bertz CT molecular complexity index is 924. The molecule has 0 radical (unpaired) electrons. The van der Waals surface area contributed by atoms with E-state index in [4.69, 9.17) is 33.7 Å². The van der Waals surface area contributed by atoms with Gasteiger partial charge in [-0.15, -0.1) is 0 Å². The van der Waals surface area contributed by atoms with E-state index in [1.165, 1.54) is 6.20 Å². The zero-order valence-electron chi connectivity index (χ0n) is 15.5. The number of rotatable bonds is 2. The Morgan fingerprint density at radius 1 is 1.39 bits per heavy atom. The minimum Gasteiger partial charge on any atom is -0.444 e. The molecule has 11 heteroatoms. The number of carbonyl (C=O) groups excluding carboxylic acids is 1. The third kappa shape index (κ3) is 3.92. The molecule has 28 heavy (non-hydrogen) atoms. The molecule has 0 bridgehead atoms. The first kappa shape index (κ1) is 20.8. The molecule has 0 saturated carbocycles. The van der Waals surface area contributed by atoms with E-state index in [-0.39, 0.29) is 40.1 Å². The van der Waals surface area contributed by atoms with Crippen molar-refractivity contribution < 1.29 is 19.0 Å². The van der Waals surface area contributed by atoms with Crippen LogP contribution in [-0.4, -0.2) is 50.9 Å². The number of anilines is 1. The zero-order valence-corrected chi connectivity index (χ0v) is 17.0. The molecule has 152 valence electrons. The van der Waals surface area contributed by atoms with Crippen molar-refractivity contribution in [3.63, 3.8) is 0 Å². The molecule has 0 aromatic carbocycles. The van der Waals surface area contributed by atoms with Gasteiger partial charge in [-0.2, -0.15) is 4.98 Å². The molecule has 3 heterocycles. The van der Waals surface area contributed by atoms with E-state index < -0.39 is 35.6 Å². The topological polar surface area (TPSA) is 114 Å². The number of ether oxygens (including phenoxy) is 1. The third-order valence-electron chi connectivity index (χ3n) is 4.62. The van der Waals surface area contributed by atoms with E-state index in [1.54, 1.807) is 4.90 Å². The number of aliphatic hydroxyl groups excluding tert-OH is 1. The molecule has 1 unspecified atom stereocenters. The van der Waals surface area contributed by atoms with Crippen LogP contribution in [0.25, 0.3) is 10.9 Å². The minimum atomic E-state index is -0.946. The summed E-state index contributed by atoms with van der Waals surface area (Å²) < 4.78 is 19.8. The molecule has 1 aliphatic rings. The zero-order chi connectivity index (χ0) is 20.8. The highest BCUT2D eigenvalue weighted by Crippen LogP contribution is 2.39. The number of β-amino-alcohol motifs (C(OH)–C–C–N with tert-alkyl or cyclic N) is 1. The second-order valence-corrected chi connectivity index (χ2v) is 8.47. The lowest BCUT2D eigenvalue weighted by atomic mass is 9.78. The molecular formula is C17H20Cl2FN5O3. The number of primary amides is 1. The van der Waals surface area contributed by atoms with Gasteiger partial charge in [0.15, 0.2) is 11.0 Å². The van der Waals surface area contributed by atoms with Gasteiger partial charge < -0.3 is 20.5 Å². The summed E-state index contributed by atoms with van der Waals surface area (Å²) in [5.74, 6) is -0.561. The van der Waals surface area contributed by atoms with Gasteiger partial charge in [-0.05, 0) is 17.0 Å². The van der Waals surface area contributed by atoms with Crippen LogP contribution in [0.15, 0.2) is 6.20 Å². The highest BCUT2D eigenvalue weighted by Gasteiger charge is 2.45. The van der Waals surface area contributed by atoms with E-state index in [1.807, 2.05) is 20.8 Å². The molecule has 2 aromatic heterocycles. The van der Waals surface area contributed by atoms with Crippen LogP contribution in [0.5, 0.6) is 0 Å². The van der Waals surface area contributed by atoms with Crippen LogP contribution < -0.4 is 10.6 Å². The van der Waals surface area contributed by atoms with Crippen LogP contribution in [0.1, 0.15) is 27.2 Å². The number of hydrogen-bond donors (Lipinski definition) is 2. The summed E-state index contributed by atoms with van der Waals surface area (Å²) in [5, 5.41) is 10.1. The maximum atomic E-state index is 14.5. The van der Waals surface area contributed by atoms with Crippen molar-refractivity contribution >= 4 is 46.0 Å². The summed E-state index contributed by atoms with van der Waals surface area (Å²) in [6.07, 6.45) is -0.946. The van der Waals surface area contributed by atoms with Crippen LogP contribution in [0.4, 0.5) is 15.0 Å². The van der Waals surface area contributed by atoms with Gasteiger partial charge in [0.25, 0.3) is 0 Å². The van der Waals surface area contributed by atoms with Gasteiger partial charge in [-0.3, -0.25) is 0 Å². The Balaban J connectivity index is 2.21. The normalized spacial score (nSPS) is 23.1. The molecular weight excluding hydrogens is 412 g/mol. The Morgan fingerprint density at radius 2 is 2.07 bits per heavy atom. The van der Waals surface area contributed by atoms with Crippen molar-refractivity contribution in [2.75, 3.05) is 11.4 Å². The lowest BCUT2D eigenvalue weighted by Crippen LogP contribution is -2.60. The molecule has 8 nitrogen and oxygen atoms in total. The van der Waals surface area contributed by atoms with E-state index in [9.17, 15) is 14.3 Å². The predicted molar refractivity (Wildman–Crippen MR) is 103 cm³/mol. The standard InChI is InChI=1S/C17H20Cl2FN5O3/c1-17(2,3)12-9(28-16(21)27)4-7(26)6-25(12)14-8-5-22-13(18)10(20)11(8)23-15(19)24-14/h5,7,9,12,26H,4,6H2,1-3H3,(H2,21,27)/t7-,9+,12?/m1/s1. The van der Waals surface area contributed by atoms with E-state index in [0.29, 0.717) is 0 Å². The number of aromatic nitrogens is 3. The second-order valence-electron chi connectivity index (χ2n) is 7.77. The summed E-state index contributed by atoms with van der Waals surface area (Å²) >= 11 is 11.8. The lowest BCUT2D eigenvalue weighted by molar-refractivity contribution is -0.00193. The average Bonchev–Trinajstić information content (AvgIpc) is 2.55. The van der Waals surface area contributed by atoms with Gasteiger partial charge in [0.1, 0.15) is 17.4 Å². The molecule has 1 saturated heterocycles. The van der Waals surface area contributed by atoms with Gasteiger partial charge in [-0.1, -0.05) is 32.4 Å². The number of carbonyl (C=O) groups is 1. The van der Waals surface area contributed by atoms with Crippen molar-refractivity contribution in [1.29, 1.82) is 0 Å². The van der Waals surface area contributed by atoms with E-state index in [0.717, 1.165) is 0 Å². The number of amides is 1. The lowest BCUT2D eigenvalue weighted by Gasteiger charge is -2.49. The van der Waals surface area contributed by atoms with Crippen LogP contribution in [0.3, 0.4) is 0 Å². The first-order valence-corrected chi connectivity index (χ1v) is 9.32. The van der Waals surface area contributed by atoms with Crippen LogP contribution >= 0.6 is 23.2 Å². The fraction of sp³-hybridized carbons (Fsp3) is 0.529. The fourth-order valence-electron chi connectivity index (χ4n) is 3.73. The second kappa shape index (κ2) is 7.46.